The highest BCUT2D eigenvalue weighted by atomic mass is 16.4. The molecule has 7 nitrogen and oxygen atoms in total. The van der Waals surface area contributed by atoms with Gasteiger partial charge in [0.15, 0.2) is 6.10 Å². The van der Waals surface area contributed by atoms with Gasteiger partial charge in [-0.3, -0.25) is 0 Å². The quantitative estimate of drug-likeness (QED) is 0.701. The lowest BCUT2D eigenvalue weighted by atomic mass is 10.2. The van der Waals surface area contributed by atoms with E-state index < -0.39 is 12.1 Å². The number of carbonyl (C=O) groups is 2. The first kappa shape index (κ1) is 15.0. The van der Waals surface area contributed by atoms with Crippen LogP contribution in [-0.2, 0) is 11.3 Å². The largest absolute Gasteiger partial charge is 0.479 e. The summed E-state index contributed by atoms with van der Waals surface area (Å²) in [4.78, 5) is 23.4. The number of furan rings is 1. The van der Waals surface area contributed by atoms with E-state index in [0.29, 0.717) is 12.3 Å². The van der Waals surface area contributed by atoms with Crippen molar-refractivity contribution >= 4 is 12.0 Å². The second-order valence-electron chi connectivity index (χ2n) is 4.24. The molecule has 0 bridgehead atoms. The molecule has 0 radical (unpaired) electrons. The van der Waals surface area contributed by atoms with E-state index in [-0.39, 0.29) is 19.0 Å². The van der Waals surface area contributed by atoms with Gasteiger partial charge < -0.3 is 24.8 Å². The molecular formula is C12H18N2O5. The standard InChI is InChI=1S/C12H18N2O5/c1-8-3-4-9(19-8)7-14(2)12(18)13-6-5-10(15)11(16)17/h3-4,10,15H,5-7H2,1-2H3,(H,13,18)(H,16,17). The Hall–Kier alpha value is -2.02. The van der Waals surface area contributed by atoms with Crippen molar-refractivity contribution < 1.29 is 24.2 Å². The van der Waals surface area contributed by atoms with Gasteiger partial charge in [0.2, 0.25) is 0 Å². The van der Waals surface area contributed by atoms with E-state index in [0.717, 1.165) is 5.76 Å². The summed E-state index contributed by atoms with van der Waals surface area (Å²) in [5, 5.41) is 20.0. The highest BCUT2D eigenvalue weighted by Crippen LogP contribution is 2.08. The average molecular weight is 270 g/mol. The molecule has 1 atom stereocenters. The lowest BCUT2D eigenvalue weighted by molar-refractivity contribution is -0.146. The summed E-state index contributed by atoms with van der Waals surface area (Å²) in [7, 11) is 1.60. The summed E-state index contributed by atoms with van der Waals surface area (Å²) >= 11 is 0. The predicted octanol–water partition coefficient (Wildman–Crippen LogP) is 0.565. The number of rotatable bonds is 6. The third-order valence-electron chi connectivity index (χ3n) is 2.51. The van der Waals surface area contributed by atoms with Gasteiger partial charge in [0.25, 0.3) is 0 Å². The van der Waals surface area contributed by atoms with E-state index in [4.69, 9.17) is 14.6 Å². The number of nitrogens with zero attached hydrogens (tertiary/aromatic N) is 1. The zero-order valence-corrected chi connectivity index (χ0v) is 10.9. The van der Waals surface area contributed by atoms with Crippen molar-refractivity contribution in [3.05, 3.63) is 23.7 Å². The van der Waals surface area contributed by atoms with Crippen molar-refractivity contribution in [2.75, 3.05) is 13.6 Å². The molecule has 0 fully saturated rings. The molecule has 0 aromatic carbocycles. The summed E-state index contributed by atoms with van der Waals surface area (Å²) in [6.45, 7) is 2.23. The minimum atomic E-state index is -1.46. The minimum Gasteiger partial charge on any atom is -0.479 e. The molecule has 0 aliphatic rings. The molecular weight excluding hydrogens is 252 g/mol. The number of aryl methyl sites for hydroxylation is 1. The van der Waals surface area contributed by atoms with Gasteiger partial charge in [-0.05, 0) is 19.1 Å². The van der Waals surface area contributed by atoms with Gasteiger partial charge in [0.1, 0.15) is 11.5 Å². The number of aliphatic carboxylic acids is 1. The summed E-state index contributed by atoms with van der Waals surface area (Å²) in [5.41, 5.74) is 0. The van der Waals surface area contributed by atoms with Crippen LogP contribution in [0.15, 0.2) is 16.5 Å². The van der Waals surface area contributed by atoms with Crippen molar-refractivity contribution in [3.63, 3.8) is 0 Å². The molecule has 3 N–H and O–H groups in total. The van der Waals surface area contributed by atoms with Crippen LogP contribution in [0.5, 0.6) is 0 Å². The first-order valence-electron chi connectivity index (χ1n) is 5.85. The number of carboxylic acid groups (broad SMARTS) is 1. The van der Waals surface area contributed by atoms with E-state index >= 15 is 0 Å². The number of aliphatic hydroxyl groups is 1. The molecule has 0 spiro atoms. The summed E-state index contributed by atoms with van der Waals surface area (Å²) in [5.74, 6) is 0.141. The molecule has 7 heteroatoms. The van der Waals surface area contributed by atoms with Crippen molar-refractivity contribution in [1.82, 2.24) is 10.2 Å². The van der Waals surface area contributed by atoms with Crippen LogP contribution < -0.4 is 5.32 Å². The van der Waals surface area contributed by atoms with E-state index in [9.17, 15) is 9.59 Å². The van der Waals surface area contributed by atoms with Crippen molar-refractivity contribution in [3.8, 4) is 0 Å². The summed E-state index contributed by atoms with van der Waals surface area (Å²) in [6, 6.07) is 3.24. The second kappa shape index (κ2) is 6.79. The topological polar surface area (TPSA) is 103 Å². The third kappa shape index (κ3) is 5.01. The molecule has 1 heterocycles. The van der Waals surface area contributed by atoms with Crippen LogP contribution in [0.4, 0.5) is 4.79 Å². The molecule has 0 saturated heterocycles. The third-order valence-corrected chi connectivity index (χ3v) is 2.51. The summed E-state index contributed by atoms with van der Waals surface area (Å²) < 4.78 is 5.34. The van der Waals surface area contributed by atoms with Gasteiger partial charge >= 0.3 is 12.0 Å². The van der Waals surface area contributed by atoms with Gasteiger partial charge in [-0.25, -0.2) is 9.59 Å². The Morgan fingerprint density at radius 3 is 2.68 bits per heavy atom. The number of carboxylic acids is 1. The molecule has 0 aliphatic carbocycles. The second-order valence-corrected chi connectivity index (χ2v) is 4.24. The number of carbonyl (C=O) groups excluding carboxylic acids is 1. The number of urea groups is 1. The van der Waals surface area contributed by atoms with Crippen molar-refractivity contribution in [2.24, 2.45) is 0 Å². The maximum atomic E-state index is 11.6. The Labute approximate surface area is 110 Å². The molecule has 1 unspecified atom stereocenters. The van der Waals surface area contributed by atoms with Crippen LogP contribution in [0.2, 0.25) is 0 Å². The number of amides is 2. The lowest BCUT2D eigenvalue weighted by Crippen LogP contribution is -2.38. The smallest absolute Gasteiger partial charge is 0.332 e. The predicted molar refractivity (Wildman–Crippen MR) is 66.6 cm³/mol. The van der Waals surface area contributed by atoms with E-state index in [2.05, 4.69) is 5.32 Å². The monoisotopic (exact) mass is 270 g/mol. The van der Waals surface area contributed by atoms with Crippen LogP contribution in [0.25, 0.3) is 0 Å². The molecule has 0 aliphatic heterocycles. The molecule has 19 heavy (non-hydrogen) atoms. The molecule has 1 rings (SSSR count). The molecule has 2 amide bonds. The number of nitrogens with one attached hydrogen (secondary N) is 1. The number of hydrogen-bond donors (Lipinski definition) is 3. The number of hydrogen-bond acceptors (Lipinski definition) is 4. The van der Waals surface area contributed by atoms with E-state index in [1.807, 2.05) is 13.0 Å². The van der Waals surface area contributed by atoms with Crippen molar-refractivity contribution in [2.45, 2.75) is 26.0 Å². The van der Waals surface area contributed by atoms with Gasteiger partial charge in [0, 0.05) is 20.0 Å². The van der Waals surface area contributed by atoms with Crippen LogP contribution in [0.3, 0.4) is 0 Å². The highest BCUT2D eigenvalue weighted by Gasteiger charge is 2.14. The van der Waals surface area contributed by atoms with Crippen LogP contribution in [0, 0.1) is 6.92 Å². The Morgan fingerprint density at radius 2 is 2.16 bits per heavy atom. The first-order chi connectivity index (χ1) is 8.90. The summed E-state index contributed by atoms with van der Waals surface area (Å²) in [6.07, 6.45) is -1.49. The lowest BCUT2D eigenvalue weighted by Gasteiger charge is -2.17. The Morgan fingerprint density at radius 1 is 1.47 bits per heavy atom. The zero-order chi connectivity index (χ0) is 14.4. The highest BCUT2D eigenvalue weighted by molar-refractivity contribution is 5.74. The van der Waals surface area contributed by atoms with Gasteiger partial charge in [-0.1, -0.05) is 0 Å². The Bertz CT molecular complexity index is 443. The first-order valence-corrected chi connectivity index (χ1v) is 5.85. The van der Waals surface area contributed by atoms with Crippen LogP contribution in [-0.4, -0.2) is 46.8 Å². The fourth-order valence-corrected chi connectivity index (χ4v) is 1.45. The maximum absolute atomic E-state index is 11.6. The minimum absolute atomic E-state index is 0.0330. The van der Waals surface area contributed by atoms with Crippen LogP contribution >= 0.6 is 0 Å². The van der Waals surface area contributed by atoms with Gasteiger partial charge in [-0.15, -0.1) is 0 Å². The fourth-order valence-electron chi connectivity index (χ4n) is 1.45. The van der Waals surface area contributed by atoms with Crippen LogP contribution in [0.1, 0.15) is 17.9 Å². The molecule has 106 valence electrons. The average Bonchev–Trinajstić information content (AvgIpc) is 2.74. The zero-order valence-electron chi connectivity index (χ0n) is 10.9. The normalized spacial score (nSPS) is 11.9. The molecule has 1 aromatic heterocycles. The number of aliphatic hydroxyl groups excluding tert-OH is 1. The van der Waals surface area contributed by atoms with Gasteiger partial charge in [0.05, 0.1) is 6.54 Å². The van der Waals surface area contributed by atoms with Crippen molar-refractivity contribution in [1.29, 1.82) is 0 Å². The molecule has 0 saturated carbocycles. The van der Waals surface area contributed by atoms with E-state index in [1.165, 1.54) is 4.90 Å². The SMILES string of the molecule is Cc1ccc(CN(C)C(=O)NCCC(O)C(=O)O)o1. The molecule has 1 aromatic rings. The maximum Gasteiger partial charge on any atom is 0.332 e. The Kier molecular flexibility index (Phi) is 5.37. The van der Waals surface area contributed by atoms with Gasteiger partial charge in [-0.2, -0.15) is 0 Å². The Balaban J connectivity index is 2.31. The van der Waals surface area contributed by atoms with E-state index in [1.54, 1.807) is 13.1 Å². The fraction of sp³-hybridized carbons (Fsp3) is 0.500.